The summed E-state index contributed by atoms with van der Waals surface area (Å²) in [5, 5.41) is 26.6. The lowest BCUT2D eigenvalue weighted by Gasteiger charge is -2.32. The second kappa shape index (κ2) is 6.79. The standard InChI is InChI=1S/C20H21ClN4O3/c1-10-13-5-7-25(19(13)24-9-23-10)20-17(27)16(26)18(28-20)15-14-3-2-12(21)8-11(14)4-6-22-15/h2-3,5,7-9,15-18,20,22,26-27H,4,6H2,1H3/t15-,16+,17-,18-,20+/m1/s1. The Kier molecular flexibility index (Phi) is 4.37. The number of halogens is 1. The number of rotatable bonds is 2. The fourth-order valence-corrected chi connectivity index (χ4v) is 4.55. The van der Waals surface area contributed by atoms with E-state index in [0.717, 1.165) is 35.2 Å². The number of aryl methyl sites for hydroxylation is 1. The minimum absolute atomic E-state index is 0.228. The third kappa shape index (κ3) is 2.74. The molecule has 4 heterocycles. The van der Waals surface area contributed by atoms with Gasteiger partial charge in [0.1, 0.15) is 30.3 Å². The van der Waals surface area contributed by atoms with E-state index in [-0.39, 0.29) is 6.04 Å². The van der Waals surface area contributed by atoms with Crippen LogP contribution in [0.4, 0.5) is 0 Å². The fraction of sp³-hybridized carbons (Fsp3) is 0.400. The van der Waals surface area contributed by atoms with Crippen LogP contribution in [0.5, 0.6) is 0 Å². The highest BCUT2D eigenvalue weighted by Crippen LogP contribution is 2.39. The zero-order chi connectivity index (χ0) is 19.4. The molecule has 0 amide bonds. The van der Waals surface area contributed by atoms with Crippen LogP contribution < -0.4 is 5.32 Å². The number of nitrogens with zero attached hydrogens (tertiary/aromatic N) is 3. The molecule has 8 heteroatoms. The summed E-state index contributed by atoms with van der Waals surface area (Å²) in [6.07, 6.45) is 0.732. The van der Waals surface area contributed by atoms with Crippen LogP contribution in [-0.2, 0) is 11.2 Å². The van der Waals surface area contributed by atoms with Crippen molar-refractivity contribution in [2.24, 2.45) is 0 Å². The highest BCUT2D eigenvalue weighted by molar-refractivity contribution is 6.30. The normalized spacial score (nSPS) is 29.9. The van der Waals surface area contributed by atoms with E-state index in [1.54, 1.807) is 4.57 Å². The molecule has 0 saturated carbocycles. The lowest BCUT2D eigenvalue weighted by Crippen LogP contribution is -2.43. The summed E-state index contributed by atoms with van der Waals surface area (Å²) in [6, 6.07) is 7.44. The van der Waals surface area contributed by atoms with E-state index < -0.39 is 24.5 Å². The summed E-state index contributed by atoms with van der Waals surface area (Å²) < 4.78 is 7.98. The molecule has 2 aliphatic heterocycles. The Morgan fingerprint density at radius 1 is 1.21 bits per heavy atom. The van der Waals surface area contributed by atoms with Crippen molar-refractivity contribution < 1.29 is 14.9 Å². The molecule has 2 aliphatic rings. The van der Waals surface area contributed by atoms with Crippen molar-refractivity contribution in [1.29, 1.82) is 0 Å². The molecule has 0 spiro atoms. The Balaban J connectivity index is 1.50. The van der Waals surface area contributed by atoms with E-state index in [4.69, 9.17) is 16.3 Å². The molecule has 28 heavy (non-hydrogen) atoms. The first-order valence-corrected chi connectivity index (χ1v) is 9.74. The monoisotopic (exact) mass is 400 g/mol. The van der Waals surface area contributed by atoms with Crippen molar-refractivity contribution >= 4 is 22.6 Å². The van der Waals surface area contributed by atoms with Crippen LogP contribution in [0, 0.1) is 6.92 Å². The van der Waals surface area contributed by atoms with E-state index >= 15 is 0 Å². The van der Waals surface area contributed by atoms with Crippen LogP contribution in [0.15, 0.2) is 36.8 Å². The smallest absolute Gasteiger partial charge is 0.164 e. The molecule has 146 valence electrons. The molecule has 5 atom stereocenters. The highest BCUT2D eigenvalue weighted by atomic mass is 35.5. The SMILES string of the molecule is Cc1ncnc2c1ccn2[C@H]1O[C@H]([C@@H]2NCCc3cc(Cl)ccc32)[C@@H](O)[C@H]1O. The van der Waals surface area contributed by atoms with Crippen LogP contribution in [0.25, 0.3) is 11.0 Å². The number of benzene rings is 1. The lowest BCUT2D eigenvalue weighted by molar-refractivity contribution is -0.0473. The number of hydrogen-bond acceptors (Lipinski definition) is 6. The summed E-state index contributed by atoms with van der Waals surface area (Å²) in [5.41, 5.74) is 3.71. The van der Waals surface area contributed by atoms with Crippen molar-refractivity contribution in [2.75, 3.05) is 6.54 Å². The topological polar surface area (TPSA) is 92.4 Å². The van der Waals surface area contributed by atoms with E-state index in [1.807, 2.05) is 37.4 Å². The van der Waals surface area contributed by atoms with Crippen LogP contribution in [0.3, 0.4) is 0 Å². The van der Waals surface area contributed by atoms with Gasteiger partial charge in [-0.05, 0) is 49.2 Å². The minimum atomic E-state index is -1.07. The summed E-state index contributed by atoms with van der Waals surface area (Å²) >= 11 is 6.14. The summed E-state index contributed by atoms with van der Waals surface area (Å²) in [6.45, 7) is 2.66. The van der Waals surface area contributed by atoms with E-state index in [9.17, 15) is 10.2 Å². The van der Waals surface area contributed by atoms with E-state index in [1.165, 1.54) is 6.33 Å². The van der Waals surface area contributed by atoms with Gasteiger partial charge in [0.2, 0.25) is 0 Å². The van der Waals surface area contributed by atoms with Crippen molar-refractivity contribution in [3.05, 3.63) is 58.6 Å². The molecule has 0 unspecified atom stereocenters. The second-order valence-electron chi connectivity index (χ2n) is 7.42. The predicted molar refractivity (Wildman–Crippen MR) is 104 cm³/mol. The first-order chi connectivity index (χ1) is 13.5. The van der Waals surface area contributed by atoms with Crippen molar-refractivity contribution in [3.63, 3.8) is 0 Å². The number of ether oxygens (including phenoxy) is 1. The largest absolute Gasteiger partial charge is 0.387 e. The Labute approximate surface area is 166 Å². The molecule has 2 aromatic heterocycles. The summed E-state index contributed by atoms with van der Waals surface area (Å²) in [7, 11) is 0. The first-order valence-electron chi connectivity index (χ1n) is 9.36. The zero-order valence-electron chi connectivity index (χ0n) is 15.3. The van der Waals surface area contributed by atoms with Gasteiger partial charge in [0.05, 0.1) is 11.7 Å². The number of nitrogens with one attached hydrogen (secondary N) is 1. The summed E-state index contributed by atoms with van der Waals surface area (Å²) in [5.74, 6) is 0. The molecule has 0 aliphatic carbocycles. The van der Waals surface area contributed by atoms with Gasteiger partial charge in [-0.2, -0.15) is 0 Å². The molecular formula is C20H21ClN4O3. The Bertz CT molecular complexity index is 1040. The third-order valence-electron chi connectivity index (χ3n) is 5.79. The average Bonchev–Trinajstić information content (AvgIpc) is 3.24. The molecule has 7 nitrogen and oxygen atoms in total. The fourth-order valence-electron chi connectivity index (χ4n) is 4.35. The van der Waals surface area contributed by atoms with Gasteiger partial charge in [-0.15, -0.1) is 0 Å². The van der Waals surface area contributed by atoms with Gasteiger partial charge in [0, 0.05) is 16.6 Å². The molecule has 3 aromatic rings. The maximum Gasteiger partial charge on any atom is 0.164 e. The van der Waals surface area contributed by atoms with Gasteiger partial charge in [0.25, 0.3) is 0 Å². The minimum Gasteiger partial charge on any atom is -0.387 e. The Hall–Kier alpha value is -2.03. The molecule has 0 radical (unpaired) electrons. The van der Waals surface area contributed by atoms with Gasteiger partial charge in [-0.3, -0.25) is 0 Å². The molecule has 0 bridgehead atoms. The van der Waals surface area contributed by atoms with Gasteiger partial charge < -0.3 is 24.8 Å². The van der Waals surface area contributed by atoms with Crippen LogP contribution >= 0.6 is 11.6 Å². The number of aliphatic hydroxyl groups is 2. The third-order valence-corrected chi connectivity index (χ3v) is 6.02. The maximum absolute atomic E-state index is 10.8. The number of fused-ring (bicyclic) bond motifs is 2. The Morgan fingerprint density at radius 2 is 2.07 bits per heavy atom. The van der Waals surface area contributed by atoms with Crippen molar-refractivity contribution in [2.45, 2.75) is 43.9 Å². The Morgan fingerprint density at radius 3 is 2.93 bits per heavy atom. The van der Waals surface area contributed by atoms with Crippen LogP contribution in [-0.4, -0.2) is 49.6 Å². The van der Waals surface area contributed by atoms with Gasteiger partial charge in [0.15, 0.2) is 6.23 Å². The average molecular weight is 401 g/mol. The molecule has 1 fully saturated rings. The number of hydrogen-bond donors (Lipinski definition) is 3. The van der Waals surface area contributed by atoms with Crippen molar-refractivity contribution in [1.82, 2.24) is 19.9 Å². The molecular weight excluding hydrogens is 380 g/mol. The van der Waals surface area contributed by atoms with Gasteiger partial charge >= 0.3 is 0 Å². The molecule has 3 N–H and O–H groups in total. The van der Waals surface area contributed by atoms with E-state index in [0.29, 0.717) is 10.7 Å². The van der Waals surface area contributed by atoms with Gasteiger partial charge in [-0.25, -0.2) is 9.97 Å². The second-order valence-corrected chi connectivity index (χ2v) is 7.85. The highest BCUT2D eigenvalue weighted by Gasteiger charge is 2.48. The maximum atomic E-state index is 10.8. The lowest BCUT2D eigenvalue weighted by atomic mass is 9.89. The molecule has 1 aromatic carbocycles. The summed E-state index contributed by atoms with van der Waals surface area (Å²) in [4.78, 5) is 8.54. The quantitative estimate of drug-likeness (QED) is 0.608. The van der Waals surface area contributed by atoms with Gasteiger partial charge in [-0.1, -0.05) is 17.7 Å². The molecule has 1 saturated heterocycles. The van der Waals surface area contributed by atoms with E-state index in [2.05, 4.69) is 15.3 Å². The van der Waals surface area contributed by atoms with Crippen LogP contribution in [0.2, 0.25) is 5.02 Å². The van der Waals surface area contributed by atoms with Crippen LogP contribution in [0.1, 0.15) is 29.1 Å². The zero-order valence-corrected chi connectivity index (χ0v) is 16.0. The first kappa shape index (κ1) is 18.0. The van der Waals surface area contributed by atoms with Crippen molar-refractivity contribution in [3.8, 4) is 0 Å². The number of aromatic nitrogens is 3. The predicted octanol–water partition coefficient (Wildman–Crippen LogP) is 1.90. The number of aliphatic hydroxyl groups excluding tert-OH is 2. The molecule has 5 rings (SSSR count).